The van der Waals surface area contributed by atoms with Crippen LogP contribution in [-0.2, 0) is 13.1 Å². The number of ether oxygens (including phenoxy) is 2. The molecule has 0 fully saturated rings. The van der Waals surface area contributed by atoms with Gasteiger partial charge in [-0.1, -0.05) is 6.07 Å². The minimum atomic E-state index is 0. The maximum atomic E-state index is 5.55. The molecule has 0 saturated carbocycles. The van der Waals surface area contributed by atoms with E-state index in [1.807, 2.05) is 25.1 Å². The van der Waals surface area contributed by atoms with E-state index >= 15 is 0 Å². The van der Waals surface area contributed by atoms with Crippen molar-refractivity contribution in [1.29, 1.82) is 0 Å². The lowest BCUT2D eigenvalue weighted by atomic mass is 10.2. The second-order valence-corrected chi connectivity index (χ2v) is 6.85. The number of nitrogens with one attached hydrogen (secondary N) is 2. The first-order chi connectivity index (χ1) is 12.2. The number of hydrogen-bond donors (Lipinski definition) is 2. The Morgan fingerprint density at radius 2 is 1.92 bits per heavy atom. The minimum absolute atomic E-state index is 0. The van der Waals surface area contributed by atoms with E-state index in [0.717, 1.165) is 36.1 Å². The molecule has 0 aliphatic carbocycles. The fourth-order valence-electron chi connectivity index (χ4n) is 2.35. The lowest BCUT2D eigenvalue weighted by Gasteiger charge is -2.12. The summed E-state index contributed by atoms with van der Waals surface area (Å²) in [6.07, 6.45) is 0. The second-order valence-electron chi connectivity index (χ2n) is 5.48. The summed E-state index contributed by atoms with van der Waals surface area (Å²) in [5, 5.41) is 6.65. The van der Waals surface area contributed by atoms with Crippen LogP contribution in [0, 0.1) is 6.92 Å². The highest BCUT2D eigenvalue weighted by atomic mass is 127. The highest BCUT2D eigenvalue weighted by molar-refractivity contribution is 14.0. The molecule has 1 heterocycles. The van der Waals surface area contributed by atoms with E-state index in [2.05, 4.69) is 41.6 Å². The van der Waals surface area contributed by atoms with Gasteiger partial charge in [-0.2, -0.15) is 0 Å². The van der Waals surface area contributed by atoms with Crippen LogP contribution in [0.15, 0.2) is 35.3 Å². The SMILES string of the molecule is CCNC(=NCc1ccc(OCC)c(OC)c1)NCc1ccc(C)s1.I. The van der Waals surface area contributed by atoms with E-state index in [1.165, 1.54) is 9.75 Å². The molecule has 0 amide bonds. The monoisotopic (exact) mass is 489 g/mol. The largest absolute Gasteiger partial charge is 0.493 e. The van der Waals surface area contributed by atoms with Crippen molar-refractivity contribution in [3.63, 3.8) is 0 Å². The van der Waals surface area contributed by atoms with Gasteiger partial charge < -0.3 is 20.1 Å². The first-order valence-electron chi connectivity index (χ1n) is 8.53. The average Bonchev–Trinajstić information content (AvgIpc) is 3.04. The Labute approximate surface area is 177 Å². The predicted octanol–water partition coefficient (Wildman–Crippen LogP) is 4.34. The zero-order valence-electron chi connectivity index (χ0n) is 15.8. The maximum Gasteiger partial charge on any atom is 0.191 e. The number of aliphatic imine (C=N–C) groups is 1. The van der Waals surface area contributed by atoms with Crippen LogP contribution in [0.4, 0.5) is 0 Å². The summed E-state index contributed by atoms with van der Waals surface area (Å²) in [5.74, 6) is 2.30. The Morgan fingerprint density at radius 3 is 2.54 bits per heavy atom. The molecular weight excluding hydrogens is 461 g/mol. The van der Waals surface area contributed by atoms with Gasteiger partial charge in [-0.25, -0.2) is 4.99 Å². The van der Waals surface area contributed by atoms with E-state index in [1.54, 1.807) is 18.4 Å². The second kappa shape index (κ2) is 12.0. The van der Waals surface area contributed by atoms with Crippen LogP contribution in [-0.4, -0.2) is 26.2 Å². The lowest BCUT2D eigenvalue weighted by Crippen LogP contribution is -2.36. The van der Waals surface area contributed by atoms with E-state index in [4.69, 9.17) is 9.47 Å². The maximum absolute atomic E-state index is 5.55. The standard InChI is InChI=1S/C19H27N3O2S.HI/c1-5-20-19(22-13-16-9-7-14(3)25-16)21-12-15-8-10-17(24-6-2)18(11-15)23-4;/h7-11H,5-6,12-13H2,1-4H3,(H2,20,21,22);1H. The number of thiophene rings is 1. The van der Waals surface area contributed by atoms with Crippen LogP contribution in [0.3, 0.4) is 0 Å². The molecule has 144 valence electrons. The van der Waals surface area contributed by atoms with Gasteiger partial charge in [0.15, 0.2) is 17.5 Å². The van der Waals surface area contributed by atoms with Crippen molar-refractivity contribution in [3.8, 4) is 11.5 Å². The Kier molecular flexibility index (Phi) is 10.4. The van der Waals surface area contributed by atoms with Crippen LogP contribution in [0.2, 0.25) is 0 Å². The van der Waals surface area contributed by atoms with Crippen molar-refractivity contribution in [2.24, 2.45) is 4.99 Å². The van der Waals surface area contributed by atoms with Crippen molar-refractivity contribution < 1.29 is 9.47 Å². The third kappa shape index (κ3) is 7.03. The highest BCUT2D eigenvalue weighted by Gasteiger charge is 2.06. The molecule has 1 aromatic heterocycles. The van der Waals surface area contributed by atoms with Crippen molar-refractivity contribution in [2.75, 3.05) is 20.3 Å². The molecule has 0 unspecified atom stereocenters. The van der Waals surface area contributed by atoms with Gasteiger partial charge in [0.2, 0.25) is 0 Å². The molecule has 2 aromatic rings. The molecule has 26 heavy (non-hydrogen) atoms. The predicted molar refractivity (Wildman–Crippen MR) is 120 cm³/mol. The van der Waals surface area contributed by atoms with Gasteiger partial charge in [-0.3, -0.25) is 0 Å². The molecule has 1 aromatic carbocycles. The van der Waals surface area contributed by atoms with Gasteiger partial charge in [0.05, 0.1) is 26.8 Å². The number of guanidine groups is 1. The van der Waals surface area contributed by atoms with Gasteiger partial charge in [0.25, 0.3) is 0 Å². The molecule has 2 N–H and O–H groups in total. The molecule has 0 saturated heterocycles. The summed E-state index contributed by atoms with van der Waals surface area (Å²) in [7, 11) is 1.65. The first-order valence-corrected chi connectivity index (χ1v) is 9.35. The Hall–Kier alpha value is -1.48. The number of aryl methyl sites for hydroxylation is 1. The Morgan fingerprint density at radius 1 is 1.12 bits per heavy atom. The summed E-state index contributed by atoms with van der Waals surface area (Å²) in [5.41, 5.74) is 1.07. The molecule has 0 aliphatic rings. The Balaban J connectivity index is 0.00000338. The molecule has 0 radical (unpaired) electrons. The summed E-state index contributed by atoms with van der Waals surface area (Å²) in [6.45, 7) is 8.92. The smallest absolute Gasteiger partial charge is 0.191 e. The van der Waals surface area contributed by atoms with E-state index in [0.29, 0.717) is 13.2 Å². The number of nitrogens with zero attached hydrogens (tertiary/aromatic N) is 1. The number of methoxy groups -OCH3 is 1. The number of hydrogen-bond acceptors (Lipinski definition) is 4. The lowest BCUT2D eigenvalue weighted by molar-refractivity contribution is 0.310. The van der Waals surface area contributed by atoms with Crippen molar-refractivity contribution in [3.05, 3.63) is 45.6 Å². The topological polar surface area (TPSA) is 54.9 Å². The van der Waals surface area contributed by atoms with E-state index in [9.17, 15) is 0 Å². The summed E-state index contributed by atoms with van der Waals surface area (Å²) in [4.78, 5) is 7.28. The average molecular weight is 489 g/mol. The fourth-order valence-corrected chi connectivity index (χ4v) is 3.18. The number of benzene rings is 1. The van der Waals surface area contributed by atoms with Crippen LogP contribution < -0.4 is 20.1 Å². The van der Waals surface area contributed by atoms with Gasteiger partial charge in [-0.15, -0.1) is 35.3 Å². The molecule has 2 rings (SSSR count). The van der Waals surface area contributed by atoms with Crippen LogP contribution >= 0.6 is 35.3 Å². The first kappa shape index (κ1) is 22.6. The quantitative estimate of drug-likeness (QED) is 0.329. The van der Waals surface area contributed by atoms with Gasteiger partial charge >= 0.3 is 0 Å². The third-order valence-corrected chi connectivity index (χ3v) is 4.52. The van der Waals surface area contributed by atoms with Crippen LogP contribution in [0.5, 0.6) is 11.5 Å². The summed E-state index contributed by atoms with van der Waals surface area (Å²) in [6, 6.07) is 10.2. The third-order valence-electron chi connectivity index (χ3n) is 3.52. The summed E-state index contributed by atoms with van der Waals surface area (Å²) >= 11 is 1.80. The fraction of sp³-hybridized carbons (Fsp3) is 0.421. The number of halogens is 1. The normalized spacial score (nSPS) is 10.8. The molecule has 0 atom stereocenters. The van der Waals surface area contributed by atoms with Crippen LogP contribution in [0.25, 0.3) is 0 Å². The van der Waals surface area contributed by atoms with Gasteiger partial charge in [-0.05, 0) is 50.6 Å². The molecule has 0 aliphatic heterocycles. The Bertz CT molecular complexity index is 704. The summed E-state index contributed by atoms with van der Waals surface area (Å²) < 4.78 is 10.9. The molecule has 0 bridgehead atoms. The molecule has 7 heteroatoms. The van der Waals surface area contributed by atoms with E-state index < -0.39 is 0 Å². The highest BCUT2D eigenvalue weighted by Crippen LogP contribution is 2.28. The van der Waals surface area contributed by atoms with Crippen molar-refractivity contribution in [1.82, 2.24) is 10.6 Å². The number of rotatable bonds is 8. The molecular formula is C19H28IN3O2S. The van der Waals surface area contributed by atoms with Crippen molar-refractivity contribution in [2.45, 2.75) is 33.9 Å². The zero-order chi connectivity index (χ0) is 18.1. The minimum Gasteiger partial charge on any atom is -0.493 e. The molecule has 0 spiro atoms. The van der Waals surface area contributed by atoms with E-state index in [-0.39, 0.29) is 24.0 Å². The van der Waals surface area contributed by atoms with Crippen LogP contribution in [0.1, 0.15) is 29.2 Å². The molecule has 5 nitrogen and oxygen atoms in total. The van der Waals surface area contributed by atoms with Gasteiger partial charge in [0.1, 0.15) is 0 Å². The zero-order valence-corrected chi connectivity index (χ0v) is 18.9. The van der Waals surface area contributed by atoms with Crippen molar-refractivity contribution >= 4 is 41.3 Å². The van der Waals surface area contributed by atoms with Gasteiger partial charge in [0, 0.05) is 16.3 Å².